The molecule has 19 heavy (non-hydrogen) atoms. The zero-order valence-corrected chi connectivity index (χ0v) is 12.7. The number of amides is 1. The van der Waals surface area contributed by atoms with Gasteiger partial charge in [0.15, 0.2) is 0 Å². The molecule has 0 spiro atoms. The fraction of sp³-hybridized carbons (Fsp3) is 0.929. The number of hydrogen-bond acceptors (Lipinski definition) is 4. The van der Waals surface area contributed by atoms with E-state index in [0.29, 0.717) is 6.42 Å². The van der Waals surface area contributed by atoms with E-state index in [1.165, 1.54) is 12.8 Å². The first-order valence-corrected chi connectivity index (χ1v) is 7.43. The third-order valence-electron chi connectivity index (χ3n) is 3.87. The van der Waals surface area contributed by atoms with Gasteiger partial charge in [0.1, 0.15) is 0 Å². The average molecular weight is 270 g/mol. The smallest absolute Gasteiger partial charge is 0.220 e. The Labute approximate surface area is 117 Å². The molecule has 1 rings (SSSR count). The van der Waals surface area contributed by atoms with Gasteiger partial charge in [0.2, 0.25) is 5.91 Å². The molecule has 1 fully saturated rings. The van der Waals surface area contributed by atoms with Crippen LogP contribution in [-0.4, -0.2) is 75.6 Å². The molecule has 1 aliphatic rings. The summed E-state index contributed by atoms with van der Waals surface area (Å²) in [6.07, 6.45) is 4.02. The standard InChI is InChI=1S/C14H30N4O/c1-15-8-4-5-14(19)16-9-12-18-10-6-13(7-11-18)17(2)3/h13,15H,4-12H2,1-3H3,(H,16,19). The summed E-state index contributed by atoms with van der Waals surface area (Å²) in [7, 11) is 6.23. The fourth-order valence-corrected chi connectivity index (χ4v) is 2.53. The summed E-state index contributed by atoms with van der Waals surface area (Å²) in [5, 5.41) is 6.06. The molecule has 0 unspecified atom stereocenters. The van der Waals surface area contributed by atoms with E-state index in [0.717, 1.165) is 45.2 Å². The number of piperidine rings is 1. The van der Waals surface area contributed by atoms with Gasteiger partial charge in [0.05, 0.1) is 0 Å². The van der Waals surface area contributed by atoms with E-state index in [2.05, 4.69) is 34.5 Å². The van der Waals surface area contributed by atoms with Gasteiger partial charge in [-0.25, -0.2) is 0 Å². The predicted octanol–water partition coefficient (Wildman–Crippen LogP) is 0.128. The van der Waals surface area contributed by atoms with Crippen molar-refractivity contribution in [3.05, 3.63) is 0 Å². The zero-order chi connectivity index (χ0) is 14.1. The van der Waals surface area contributed by atoms with Gasteiger partial charge in [0.25, 0.3) is 0 Å². The lowest BCUT2D eigenvalue weighted by Crippen LogP contribution is -2.44. The van der Waals surface area contributed by atoms with Crippen LogP contribution in [-0.2, 0) is 4.79 Å². The number of nitrogens with zero attached hydrogens (tertiary/aromatic N) is 2. The summed E-state index contributed by atoms with van der Waals surface area (Å²) in [6.45, 7) is 4.98. The molecule has 0 aromatic heterocycles. The topological polar surface area (TPSA) is 47.6 Å². The van der Waals surface area contributed by atoms with E-state index >= 15 is 0 Å². The highest BCUT2D eigenvalue weighted by molar-refractivity contribution is 5.75. The van der Waals surface area contributed by atoms with Gasteiger partial charge in [-0.1, -0.05) is 0 Å². The van der Waals surface area contributed by atoms with Crippen molar-refractivity contribution in [2.75, 3.05) is 53.9 Å². The second-order valence-corrected chi connectivity index (χ2v) is 5.59. The first kappa shape index (κ1) is 16.4. The molecular weight excluding hydrogens is 240 g/mol. The summed E-state index contributed by atoms with van der Waals surface area (Å²) < 4.78 is 0. The van der Waals surface area contributed by atoms with Crippen LogP contribution in [0, 0.1) is 0 Å². The molecule has 0 atom stereocenters. The van der Waals surface area contributed by atoms with E-state index in [1.807, 2.05) is 7.05 Å². The highest BCUT2D eigenvalue weighted by atomic mass is 16.1. The Morgan fingerprint density at radius 2 is 1.95 bits per heavy atom. The number of likely N-dealkylation sites (tertiary alicyclic amines) is 1. The Hall–Kier alpha value is -0.650. The number of carbonyl (C=O) groups is 1. The number of rotatable bonds is 8. The minimum absolute atomic E-state index is 0.179. The summed E-state index contributed by atoms with van der Waals surface area (Å²) in [5.74, 6) is 0.179. The summed E-state index contributed by atoms with van der Waals surface area (Å²) in [6, 6.07) is 0.729. The summed E-state index contributed by atoms with van der Waals surface area (Å²) in [4.78, 5) is 16.3. The van der Waals surface area contributed by atoms with Gasteiger partial charge in [-0.3, -0.25) is 4.79 Å². The summed E-state index contributed by atoms with van der Waals surface area (Å²) in [5.41, 5.74) is 0. The van der Waals surface area contributed by atoms with Crippen molar-refractivity contribution in [3.8, 4) is 0 Å². The highest BCUT2D eigenvalue weighted by Gasteiger charge is 2.19. The Bertz CT molecular complexity index is 250. The molecule has 1 aliphatic heterocycles. The van der Waals surface area contributed by atoms with Crippen molar-refractivity contribution >= 4 is 5.91 Å². The van der Waals surface area contributed by atoms with Gasteiger partial charge in [-0.15, -0.1) is 0 Å². The van der Waals surface area contributed by atoms with Crippen LogP contribution in [0.25, 0.3) is 0 Å². The van der Waals surface area contributed by atoms with Crippen molar-refractivity contribution in [3.63, 3.8) is 0 Å². The maximum Gasteiger partial charge on any atom is 0.220 e. The monoisotopic (exact) mass is 270 g/mol. The van der Waals surface area contributed by atoms with Gasteiger partial charge in [0, 0.05) is 25.6 Å². The quantitative estimate of drug-likeness (QED) is 0.616. The molecule has 1 amide bonds. The highest BCUT2D eigenvalue weighted by Crippen LogP contribution is 2.13. The Balaban J connectivity index is 2.03. The molecule has 0 saturated carbocycles. The molecule has 0 radical (unpaired) electrons. The average Bonchev–Trinajstić information content (AvgIpc) is 2.39. The van der Waals surface area contributed by atoms with Crippen molar-refractivity contribution < 1.29 is 4.79 Å². The second-order valence-electron chi connectivity index (χ2n) is 5.59. The molecule has 0 bridgehead atoms. The molecule has 0 aliphatic carbocycles. The first-order valence-electron chi connectivity index (χ1n) is 7.43. The lowest BCUT2D eigenvalue weighted by Gasteiger charge is -2.35. The fourth-order valence-electron chi connectivity index (χ4n) is 2.53. The van der Waals surface area contributed by atoms with Crippen molar-refractivity contribution in [2.24, 2.45) is 0 Å². The normalized spacial score (nSPS) is 17.9. The molecule has 112 valence electrons. The van der Waals surface area contributed by atoms with Gasteiger partial charge >= 0.3 is 0 Å². The van der Waals surface area contributed by atoms with Crippen LogP contribution in [0.5, 0.6) is 0 Å². The van der Waals surface area contributed by atoms with Crippen LogP contribution >= 0.6 is 0 Å². The van der Waals surface area contributed by atoms with E-state index in [4.69, 9.17) is 0 Å². The van der Waals surface area contributed by atoms with Crippen molar-refractivity contribution in [2.45, 2.75) is 31.7 Å². The lowest BCUT2D eigenvalue weighted by molar-refractivity contribution is -0.121. The van der Waals surface area contributed by atoms with Crippen LogP contribution < -0.4 is 10.6 Å². The third-order valence-corrected chi connectivity index (χ3v) is 3.87. The lowest BCUT2D eigenvalue weighted by atomic mass is 10.0. The summed E-state index contributed by atoms with van der Waals surface area (Å²) >= 11 is 0. The molecule has 5 nitrogen and oxygen atoms in total. The molecule has 5 heteroatoms. The minimum Gasteiger partial charge on any atom is -0.355 e. The van der Waals surface area contributed by atoms with Crippen LogP contribution in [0.4, 0.5) is 0 Å². The number of hydrogen-bond donors (Lipinski definition) is 2. The zero-order valence-electron chi connectivity index (χ0n) is 12.7. The Morgan fingerprint density at radius 3 is 2.53 bits per heavy atom. The first-order chi connectivity index (χ1) is 9.13. The maximum atomic E-state index is 11.5. The predicted molar refractivity (Wildman–Crippen MR) is 79.3 cm³/mol. The Kier molecular flexibility index (Phi) is 8.02. The van der Waals surface area contributed by atoms with Gasteiger partial charge in [-0.05, 0) is 60.0 Å². The van der Waals surface area contributed by atoms with Gasteiger partial charge < -0.3 is 20.4 Å². The molecule has 0 aromatic carbocycles. The SMILES string of the molecule is CNCCCC(=O)NCCN1CCC(N(C)C)CC1. The maximum absolute atomic E-state index is 11.5. The molecule has 1 saturated heterocycles. The van der Waals surface area contributed by atoms with Crippen LogP contribution in [0.15, 0.2) is 0 Å². The second kappa shape index (κ2) is 9.28. The van der Waals surface area contributed by atoms with Crippen molar-refractivity contribution in [1.82, 2.24) is 20.4 Å². The van der Waals surface area contributed by atoms with Gasteiger partial charge in [-0.2, -0.15) is 0 Å². The molecule has 0 aromatic rings. The van der Waals surface area contributed by atoms with E-state index < -0.39 is 0 Å². The number of carbonyl (C=O) groups excluding carboxylic acids is 1. The van der Waals surface area contributed by atoms with Crippen molar-refractivity contribution in [1.29, 1.82) is 0 Å². The largest absolute Gasteiger partial charge is 0.355 e. The number of nitrogens with one attached hydrogen (secondary N) is 2. The van der Waals surface area contributed by atoms with Crippen LogP contribution in [0.2, 0.25) is 0 Å². The molecular formula is C14H30N4O. The third kappa shape index (κ3) is 6.89. The van der Waals surface area contributed by atoms with E-state index in [-0.39, 0.29) is 5.91 Å². The Morgan fingerprint density at radius 1 is 1.26 bits per heavy atom. The van der Waals surface area contributed by atoms with Crippen LogP contribution in [0.1, 0.15) is 25.7 Å². The molecule has 1 heterocycles. The van der Waals surface area contributed by atoms with E-state index in [1.54, 1.807) is 0 Å². The van der Waals surface area contributed by atoms with Crippen LogP contribution in [0.3, 0.4) is 0 Å². The van der Waals surface area contributed by atoms with E-state index in [9.17, 15) is 4.79 Å². The molecule has 2 N–H and O–H groups in total. The minimum atomic E-state index is 0.179.